The number of aryl methyl sites for hydroxylation is 4. The Balaban J connectivity index is 0.00000119. The van der Waals surface area contributed by atoms with Gasteiger partial charge in [-0.3, -0.25) is 0 Å². The molecule has 2 aliphatic rings. The molecular formula is C44H46F12FeP2. The molecule has 2 saturated carbocycles. The van der Waals surface area contributed by atoms with E-state index in [4.69, 9.17) is 0 Å². The molecule has 0 amide bonds. The van der Waals surface area contributed by atoms with Crippen LogP contribution in [-0.4, -0.2) is 11.3 Å². The van der Waals surface area contributed by atoms with Gasteiger partial charge in [-0.25, -0.2) is 0 Å². The van der Waals surface area contributed by atoms with Crippen LogP contribution in [0.4, 0.5) is 52.7 Å². The van der Waals surface area contributed by atoms with Crippen molar-refractivity contribution < 1.29 is 69.8 Å². The van der Waals surface area contributed by atoms with Gasteiger partial charge in [-0.05, 0) is 131 Å². The van der Waals surface area contributed by atoms with E-state index in [1.54, 1.807) is 0 Å². The van der Waals surface area contributed by atoms with Crippen LogP contribution in [0.1, 0.15) is 103 Å². The smallest absolute Gasteiger partial charge is 0.166 e. The maximum absolute atomic E-state index is 14.2. The summed E-state index contributed by atoms with van der Waals surface area (Å²) in [5, 5.41) is 0.755. The molecule has 0 heterocycles. The summed E-state index contributed by atoms with van der Waals surface area (Å²) in [5.74, 6) is -0.485. The van der Waals surface area contributed by atoms with Gasteiger partial charge in [-0.1, -0.05) is 104 Å². The quantitative estimate of drug-likeness (QED) is 0.0984. The van der Waals surface area contributed by atoms with Crippen molar-refractivity contribution in [2.75, 3.05) is 0 Å². The number of benzene rings is 4. The predicted molar refractivity (Wildman–Crippen MR) is 211 cm³/mol. The average Bonchev–Trinajstić information content (AvgIpc) is 3.83. The molecule has 2 unspecified atom stereocenters. The number of hydrogen-bond acceptors (Lipinski definition) is 0. The van der Waals surface area contributed by atoms with E-state index in [9.17, 15) is 52.7 Å². The van der Waals surface area contributed by atoms with Gasteiger partial charge >= 0.3 is 24.7 Å². The van der Waals surface area contributed by atoms with Gasteiger partial charge in [0.1, 0.15) is 0 Å². The number of halogens is 12. The van der Waals surface area contributed by atoms with E-state index in [0.717, 1.165) is 32.9 Å². The van der Waals surface area contributed by atoms with Crippen LogP contribution in [0.3, 0.4) is 0 Å². The van der Waals surface area contributed by atoms with Gasteiger partial charge in [0.25, 0.3) is 0 Å². The van der Waals surface area contributed by atoms with Gasteiger partial charge in [-0.15, -0.1) is 0 Å². The average molecular weight is 921 g/mol. The predicted octanol–water partition coefficient (Wildman–Crippen LogP) is 14.1. The minimum Gasteiger partial charge on any atom is -0.166 e. The maximum atomic E-state index is 14.2. The molecule has 6 rings (SSSR count). The van der Waals surface area contributed by atoms with Gasteiger partial charge in [0.15, 0.2) is 0 Å². The van der Waals surface area contributed by atoms with Gasteiger partial charge < -0.3 is 0 Å². The first kappa shape index (κ1) is 49.1. The molecule has 0 radical (unpaired) electrons. The Labute approximate surface area is 350 Å². The third-order valence-corrected chi connectivity index (χ3v) is 16.6. The molecule has 4 aromatic carbocycles. The zero-order valence-electron chi connectivity index (χ0n) is 33.1. The van der Waals surface area contributed by atoms with Crippen molar-refractivity contribution in [3.8, 4) is 0 Å². The Morgan fingerprint density at radius 2 is 0.729 bits per heavy atom. The first-order valence-corrected chi connectivity index (χ1v) is 22.0. The van der Waals surface area contributed by atoms with Gasteiger partial charge in [-0.2, -0.15) is 52.7 Å². The number of hydrogen-bond donors (Lipinski definition) is 0. The minimum absolute atomic E-state index is 0. The van der Waals surface area contributed by atoms with E-state index in [2.05, 4.69) is 0 Å². The first-order valence-electron chi connectivity index (χ1n) is 19.2. The Morgan fingerprint density at radius 3 is 1.02 bits per heavy atom. The summed E-state index contributed by atoms with van der Waals surface area (Å²) in [4.78, 5) is 0. The Hall–Kier alpha value is -2.58. The molecule has 15 heteroatoms. The van der Waals surface area contributed by atoms with Crippen LogP contribution in [0.15, 0.2) is 72.8 Å². The van der Waals surface area contributed by atoms with Crippen LogP contribution in [0.5, 0.6) is 0 Å². The van der Waals surface area contributed by atoms with Gasteiger partial charge in [0, 0.05) is 17.1 Å². The van der Waals surface area contributed by atoms with Gasteiger partial charge in [0.2, 0.25) is 0 Å². The summed E-state index contributed by atoms with van der Waals surface area (Å²) in [5.41, 5.74) is -4.09. The van der Waals surface area contributed by atoms with E-state index >= 15 is 0 Å². The third kappa shape index (κ3) is 12.5. The van der Waals surface area contributed by atoms with Crippen molar-refractivity contribution >= 4 is 37.1 Å². The molecule has 0 nitrogen and oxygen atoms in total. The van der Waals surface area contributed by atoms with E-state index in [1.165, 1.54) is 32.1 Å². The summed E-state index contributed by atoms with van der Waals surface area (Å²) in [7, 11) is -3.94. The van der Waals surface area contributed by atoms with E-state index in [0.29, 0.717) is 37.1 Å². The molecule has 0 bridgehead atoms. The maximum Gasteiger partial charge on any atom is 0.416 e. The van der Waals surface area contributed by atoms with E-state index < -0.39 is 85.0 Å². The van der Waals surface area contributed by atoms with Crippen molar-refractivity contribution in [3.05, 3.63) is 117 Å². The molecule has 4 aromatic rings. The molecule has 59 heavy (non-hydrogen) atoms. The Kier molecular flexibility index (Phi) is 16.0. The second-order valence-corrected chi connectivity index (χ2v) is 20.7. The number of alkyl halides is 12. The van der Waals surface area contributed by atoms with Crippen molar-refractivity contribution in [1.82, 2.24) is 0 Å². The standard InChI is InChI=1S/C39H36F12P2.C5H10.Fe/c1-21-9-22(2)12-30(11-21)52(31-13-23(3)10-24(4)14-31)25(5)34-7-6-8-35(34)53(32-17-26(36(40,41)42)15-27(18-32)37(43,44)45)33-19-28(38(46,47)48)16-29(20-33)39(49,50)51;1-2-4-5-3-1;/h9-20,25,34-35H,6-8H2,1-5H3;1-5H2;/t25-,34?,35?;;/m0../s1. The molecule has 324 valence electrons. The third-order valence-electron chi connectivity index (χ3n) is 10.8. The monoisotopic (exact) mass is 920 g/mol. The van der Waals surface area contributed by atoms with Crippen LogP contribution in [-0.2, 0) is 41.8 Å². The molecule has 3 atom stereocenters. The topological polar surface area (TPSA) is 0 Å². The SMILES string of the molecule is C1CCCC1.Cc1cc(C)cc(P(c2cc(C)cc(C)c2)[C@@H](C)C2CCCC2P(c2cc(C(F)(F)F)cc(C(F)(F)F)c2)c2cc(C(F)(F)F)cc(C(F)(F)F)c2)c1.[Fe]. The summed E-state index contributed by atoms with van der Waals surface area (Å²) >= 11 is 0. The fourth-order valence-electron chi connectivity index (χ4n) is 8.41. The fraction of sp³-hybridized carbons (Fsp3) is 0.455. The van der Waals surface area contributed by atoms with Crippen molar-refractivity contribution in [1.29, 1.82) is 0 Å². The van der Waals surface area contributed by atoms with Gasteiger partial charge in [0.05, 0.1) is 22.3 Å². The molecule has 2 aliphatic carbocycles. The first-order chi connectivity index (χ1) is 26.8. The summed E-state index contributed by atoms with van der Waals surface area (Å²) in [6.07, 6.45) is -12.6. The fourth-order valence-corrected chi connectivity index (χ4v) is 15.3. The minimum atomic E-state index is -5.29. The zero-order chi connectivity index (χ0) is 43.0. The largest absolute Gasteiger partial charge is 0.416 e. The van der Waals surface area contributed by atoms with Crippen molar-refractivity contribution in [3.63, 3.8) is 0 Å². The summed E-state index contributed by atoms with van der Waals surface area (Å²) in [6.45, 7) is 9.62. The van der Waals surface area contributed by atoms with Crippen LogP contribution < -0.4 is 21.2 Å². The van der Waals surface area contributed by atoms with Crippen LogP contribution >= 0.6 is 15.8 Å². The van der Waals surface area contributed by atoms with Crippen molar-refractivity contribution in [2.24, 2.45) is 5.92 Å². The Bertz CT molecular complexity index is 1810. The van der Waals surface area contributed by atoms with Crippen LogP contribution in [0, 0.1) is 33.6 Å². The Morgan fingerprint density at radius 1 is 0.424 bits per heavy atom. The number of rotatable bonds is 7. The van der Waals surface area contributed by atoms with E-state index in [-0.39, 0.29) is 41.3 Å². The molecule has 0 spiro atoms. The summed E-state index contributed by atoms with van der Waals surface area (Å²) < 4.78 is 170. The summed E-state index contributed by atoms with van der Waals surface area (Å²) in [6, 6.07) is 13.7. The normalized spacial score (nSPS) is 18.2. The van der Waals surface area contributed by atoms with E-state index in [1.807, 2.05) is 71.0 Å². The molecule has 0 aromatic heterocycles. The molecule has 0 N–H and O–H groups in total. The van der Waals surface area contributed by atoms with Crippen molar-refractivity contribution in [2.45, 2.75) is 122 Å². The second-order valence-electron chi connectivity index (χ2n) is 15.6. The second kappa shape index (κ2) is 19.2. The molecular weight excluding hydrogens is 874 g/mol. The molecule has 0 saturated heterocycles. The van der Waals surface area contributed by atoms with Crippen LogP contribution in [0.25, 0.3) is 0 Å². The molecule has 0 aliphatic heterocycles. The zero-order valence-corrected chi connectivity index (χ0v) is 36.0. The van der Waals surface area contributed by atoms with Crippen LogP contribution in [0.2, 0.25) is 0 Å². The molecule has 2 fully saturated rings.